The Balaban J connectivity index is 1.94. The molecule has 3 aromatic rings. The van der Waals surface area contributed by atoms with Gasteiger partial charge >= 0.3 is 11.1 Å². The summed E-state index contributed by atoms with van der Waals surface area (Å²) in [4.78, 5) is 42.2. The van der Waals surface area contributed by atoms with Crippen molar-refractivity contribution in [2.24, 2.45) is 0 Å². The SMILES string of the molecule is O=C(Nc1ccc2[nH]c(=O)c(=O)[nH]c2c1)c1cc(Br)c[nH]1. The number of aromatic nitrogens is 3. The Labute approximate surface area is 125 Å². The molecular formula is C13H9BrN4O3. The molecule has 1 amide bonds. The summed E-state index contributed by atoms with van der Waals surface area (Å²) in [6.45, 7) is 0. The van der Waals surface area contributed by atoms with Crippen LogP contribution in [-0.2, 0) is 0 Å². The van der Waals surface area contributed by atoms with E-state index >= 15 is 0 Å². The number of fused-ring (bicyclic) bond motifs is 1. The van der Waals surface area contributed by atoms with Gasteiger partial charge in [0.1, 0.15) is 5.69 Å². The lowest BCUT2D eigenvalue weighted by Gasteiger charge is -2.05. The summed E-state index contributed by atoms with van der Waals surface area (Å²) in [5, 5.41) is 2.69. The molecule has 2 heterocycles. The molecule has 1 aromatic carbocycles. The van der Waals surface area contributed by atoms with E-state index in [0.29, 0.717) is 22.4 Å². The van der Waals surface area contributed by atoms with Crippen LogP contribution >= 0.6 is 15.9 Å². The zero-order valence-electron chi connectivity index (χ0n) is 10.5. The second-order valence-corrected chi connectivity index (χ2v) is 5.27. The fourth-order valence-corrected chi connectivity index (χ4v) is 2.23. The summed E-state index contributed by atoms with van der Waals surface area (Å²) in [5.74, 6) is -0.313. The van der Waals surface area contributed by atoms with Crippen LogP contribution in [0, 0.1) is 0 Å². The molecule has 0 radical (unpaired) electrons. The van der Waals surface area contributed by atoms with Crippen LogP contribution in [0.3, 0.4) is 0 Å². The number of anilines is 1. The molecule has 0 atom stereocenters. The minimum Gasteiger partial charge on any atom is -0.356 e. The highest BCUT2D eigenvalue weighted by Gasteiger charge is 2.09. The van der Waals surface area contributed by atoms with E-state index in [-0.39, 0.29) is 5.91 Å². The molecule has 0 spiro atoms. The molecule has 106 valence electrons. The van der Waals surface area contributed by atoms with E-state index in [2.05, 4.69) is 36.2 Å². The van der Waals surface area contributed by atoms with Crippen LogP contribution in [0.1, 0.15) is 10.5 Å². The zero-order chi connectivity index (χ0) is 15.0. The van der Waals surface area contributed by atoms with E-state index in [1.165, 1.54) is 0 Å². The Hall–Kier alpha value is -2.61. The van der Waals surface area contributed by atoms with E-state index in [4.69, 9.17) is 0 Å². The molecule has 3 rings (SSSR count). The molecule has 4 N–H and O–H groups in total. The van der Waals surface area contributed by atoms with Gasteiger partial charge in [-0.05, 0) is 40.2 Å². The molecule has 0 fully saturated rings. The fourth-order valence-electron chi connectivity index (χ4n) is 1.89. The van der Waals surface area contributed by atoms with Gasteiger partial charge in [-0.3, -0.25) is 14.4 Å². The maximum Gasteiger partial charge on any atom is 0.314 e. The first-order valence-electron chi connectivity index (χ1n) is 5.94. The van der Waals surface area contributed by atoms with Crippen LogP contribution in [0.4, 0.5) is 5.69 Å². The number of hydrogen-bond acceptors (Lipinski definition) is 3. The number of benzene rings is 1. The first-order chi connectivity index (χ1) is 10.0. The standard InChI is InChI=1S/C13H9BrN4O3/c14-6-3-10(15-5-6)11(19)16-7-1-2-8-9(4-7)18-13(21)12(20)17-8/h1-5,15H,(H,16,19)(H,17,20)(H,18,21). The van der Waals surface area contributed by atoms with Gasteiger partial charge in [0.15, 0.2) is 0 Å². The van der Waals surface area contributed by atoms with Gasteiger partial charge in [0.05, 0.1) is 11.0 Å². The van der Waals surface area contributed by atoms with E-state index in [9.17, 15) is 14.4 Å². The maximum absolute atomic E-state index is 12.0. The molecule has 7 nitrogen and oxygen atoms in total. The lowest BCUT2D eigenvalue weighted by atomic mass is 10.2. The Bertz CT molecular complexity index is 954. The van der Waals surface area contributed by atoms with E-state index in [1.54, 1.807) is 30.5 Å². The van der Waals surface area contributed by atoms with Gasteiger partial charge in [-0.2, -0.15) is 0 Å². The van der Waals surface area contributed by atoms with Crippen molar-refractivity contribution in [3.8, 4) is 0 Å². The van der Waals surface area contributed by atoms with E-state index in [0.717, 1.165) is 4.47 Å². The van der Waals surface area contributed by atoms with Crippen molar-refractivity contribution in [2.75, 3.05) is 5.32 Å². The van der Waals surface area contributed by atoms with Gasteiger partial charge in [-0.1, -0.05) is 0 Å². The van der Waals surface area contributed by atoms with Crippen LogP contribution in [0.25, 0.3) is 11.0 Å². The van der Waals surface area contributed by atoms with E-state index in [1.807, 2.05) is 0 Å². The predicted molar refractivity (Wildman–Crippen MR) is 81.6 cm³/mol. The summed E-state index contributed by atoms with van der Waals surface area (Å²) in [6.07, 6.45) is 1.65. The number of carbonyl (C=O) groups excluding carboxylic acids is 1. The van der Waals surface area contributed by atoms with Crippen LogP contribution in [0.2, 0.25) is 0 Å². The smallest absolute Gasteiger partial charge is 0.314 e. The van der Waals surface area contributed by atoms with Crippen molar-refractivity contribution in [3.05, 3.63) is 61.3 Å². The van der Waals surface area contributed by atoms with Crippen molar-refractivity contribution < 1.29 is 4.79 Å². The molecule has 0 saturated carbocycles. The van der Waals surface area contributed by atoms with Crippen molar-refractivity contribution in [1.29, 1.82) is 0 Å². The summed E-state index contributed by atoms with van der Waals surface area (Å²) in [7, 11) is 0. The number of rotatable bonds is 2. The number of amides is 1. The number of nitrogens with one attached hydrogen (secondary N) is 4. The highest BCUT2D eigenvalue weighted by atomic mass is 79.9. The predicted octanol–water partition coefficient (Wildman–Crippen LogP) is 1.56. The lowest BCUT2D eigenvalue weighted by molar-refractivity contribution is 0.102. The number of carbonyl (C=O) groups is 1. The molecule has 21 heavy (non-hydrogen) atoms. The number of H-pyrrole nitrogens is 3. The highest BCUT2D eigenvalue weighted by molar-refractivity contribution is 9.10. The van der Waals surface area contributed by atoms with Crippen LogP contribution in [0.15, 0.2) is 44.5 Å². The average Bonchev–Trinajstić information content (AvgIpc) is 2.87. The number of aromatic amines is 3. The Morgan fingerprint density at radius 3 is 2.43 bits per heavy atom. The molecule has 0 saturated heterocycles. The van der Waals surface area contributed by atoms with Gasteiger partial charge in [-0.25, -0.2) is 0 Å². The molecule has 0 unspecified atom stereocenters. The molecule has 0 aliphatic carbocycles. The first kappa shape index (κ1) is 13.4. The third kappa shape index (κ3) is 2.65. The second-order valence-electron chi connectivity index (χ2n) is 4.35. The minimum atomic E-state index is -0.737. The summed E-state index contributed by atoms with van der Waals surface area (Å²) < 4.78 is 0.771. The Morgan fingerprint density at radius 1 is 1.05 bits per heavy atom. The molecule has 2 aromatic heterocycles. The number of halogens is 1. The highest BCUT2D eigenvalue weighted by Crippen LogP contribution is 2.16. The summed E-state index contributed by atoms with van der Waals surface area (Å²) >= 11 is 3.25. The topological polar surface area (TPSA) is 111 Å². The van der Waals surface area contributed by atoms with Crippen molar-refractivity contribution in [1.82, 2.24) is 15.0 Å². The second kappa shape index (κ2) is 5.06. The van der Waals surface area contributed by atoms with Crippen molar-refractivity contribution in [3.63, 3.8) is 0 Å². The third-order valence-electron chi connectivity index (χ3n) is 2.87. The Kier molecular flexibility index (Phi) is 3.22. The first-order valence-corrected chi connectivity index (χ1v) is 6.74. The summed E-state index contributed by atoms with van der Waals surface area (Å²) in [5.41, 5.74) is 0.373. The van der Waals surface area contributed by atoms with Crippen molar-refractivity contribution >= 4 is 38.6 Å². The summed E-state index contributed by atoms with van der Waals surface area (Å²) in [6, 6.07) is 6.46. The largest absolute Gasteiger partial charge is 0.356 e. The molecule has 0 bridgehead atoms. The van der Waals surface area contributed by atoms with Gasteiger partial charge in [0, 0.05) is 16.4 Å². The maximum atomic E-state index is 12.0. The normalized spacial score (nSPS) is 10.7. The lowest BCUT2D eigenvalue weighted by Crippen LogP contribution is -2.28. The van der Waals surface area contributed by atoms with Gasteiger partial charge in [0.2, 0.25) is 0 Å². The fraction of sp³-hybridized carbons (Fsp3) is 0. The number of hydrogen-bond donors (Lipinski definition) is 4. The minimum absolute atomic E-state index is 0.313. The monoisotopic (exact) mass is 348 g/mol. The third-order valence-corrected chi connectivity index (χ3v) is 3.33. The molecule has 8 heteroatoms. The van der Waals surface area contributed by atoms with Gasteiger partial charge in [-0.15, -0.1) is 0 Å². The molecule has 0 aliphatic rings. The van der Waals surface area contributed by atoms with Gasteiger partial charge < -0.3 is 20.3 Å². The molecule has 0 aliphatic heterocycles. The molecular weight excluding hydrogens is 340 g/mol. The van der Waals surface area contributed by atoms with Crippen molar-refractivity contribution in [2.45, 2.75) is 0 Å². The average molecular weight is 349 g/mol. The van der Waals surface area contributed by atoms with Gasteiger partial charge in [0.25, 0.3) is 5.91 Å². The quantitative estimate of drug-likeness (QED) is 0.527. The van der Waals surface area contributed by atoms with Crippen LogP contribution in [0.5, 0.6) is 0 Å². The van der Waals surface area contributed by atoms with E-state index < -0.39 is 11.1 Å². The van der Waals surface area contributed by atoms with Crippen LogP contribution in [-0.4, -0.2) is 20.9 Å². The Morgan fingerprint density at radius 2 is 1.76 bits per heavy atom. The zero-order valence-corrected chi connectivity index (χ0v) is 12.1. The van der Waals surface area contributed by atoms with Crippen LogP contribution < -0.4 is 16.4 Å².